The van der Waals surface area contributed by atoms with Crippen LogP contribution in [-0.4, -0.2) is 40.4 Å². The molecule has 4 N–H and O–H groups in total. The highest BCUT2D eigenvalue weighted by atomic mass is 28.3. The Hall–Kier alpha value is -2.46. The van der Waals surface area contributed by atoms with Gasteiger partial charge < -0.3 is 20.4 Å². The summed E-state index contributed by atoms with van der Waals surface area (Å²) < 4.78 is 0. The van der Waals surface area contributed by atoms with Crippen LogP contribution in [0.3, 0.4) is 0 Å². The minimum Gasteiger partial charge on any atom is -0.508 e. The zero-order valence-electron chi connectivity index (χ0n) is 13.3. The summed E-state index contributed by atoms with van der Waals surface area (Å²) in [4.78, 5) is 18.0. The maximum Gasteiger partial charge on any atom is 0.300 e. The van der Waals surface area contributed by atoms with Crippen LogP contribution in [0, 0.1) is 11.5 Å². The van der Waals surface area contributed by atoms with Crippen molar-refractivity contribution in [1.82, 2.24) is 0 Å². The van der Waals surface area contributed by atoms with Crippen LogP contribution >= 0.6 is 0 Å². The van der Waals surface area contributed by atoms with Crippen LogP contribution in [0.25, 0.3) is 0 Å². The Morgan fingerprint density at radius 3 is 1.77 bits per heavy atom. The number of phenols is 2. The molecule has 0 radical (unpaired) electrons. The molecular weight excluding hydrogens is 304 g/mol. The van der Waals surface area contributed by atoms with E-state index in [9.17, 15) is 10.2 Å². The Balaban J connectivity index is 0. The summed E-state index contributed by atoms with van der Waals surface area (Å²) in [6.07, 6.45) is 0. The Morgan fingerprint density at radius 2 is 1.41 bits per heavy atom. The Kier molecular flexibility index (Phi) is 10.2. The van der Waals surface area contributed by atoms with Crippen LogP contribution in [0.1, 0.15) is 19.4 Å². The summed E-state index contributed by atoms with van der Waals surface area (Å²) in [5.41, 5.74) is 3.62. The van der Waals surface area contributed by atoms with Crippen molar-refractivity contribution in [3.8, 4) is 23.0 Å². The van der Waals surface area contributed by atoms with Crippen molar-refractivity contribution in [2.75, 3.05) is 0 Å². The zero-order valence-corrected chi connectivity index (χ0v) is 14.3. The third-order valence-electron chi connectivity index (χ3n) is 1.55. The second-order valence-electron chi connectivity index (χ2n) is 5.24. The monoisotopic (exact) mass is 326 g/mol. The lowest BCUT2D eigenvalue weighted by Gasteiger charge is -2.04. The molecule has 1 aromatic rings. The topological polar surface area (TPSA) is 115 Å². The molecule has 0 bridgehead atoms. The summed E-state index contributed by atoms with van der Waals surface area (Å²) in [6, 6.07) is 4.36. The van der Waals surface area contributed by atoms with E-state index in [0.717, 1.165) is 13.8 Å². The fraction of sp³-hybridized carbons (Fsp3) is 0.333. The van der Waals surface area contributed by atoms with Crippen molar-refractivity contribution in [2.24, 2.45) is 0 Å². The van der Waals surface area contributed by atoms with Crippen molar-refractivity contribution >= 4 is 20.0 Å². The smallest absolute Gasteiger partial charge is 0.300 e. The van der Waals surface area contributed by atoms with Crippen LogP contribution in [0.2, 0.25) is 19.6 Å². The van der Waals surface area contributed by atoms with Gasteiger partial charge in [0.05, 0.1) is 5.56 Å². The summed E-state index contributed by atoms with van der Waals surface area (Å²) in [5.74, 6) is 1.48. The highest BCUT2D eigenvalue weighted by molar-refractivity contribution is 6.83. The highest BCUT2D eigenvalue weighted by Gasteiger charge is 2.08. The number of carboxylic acid groups (broad SMARTS) is 2. The molecule has 0 saturated carbocycles. The van der Waals surface area contributed by atoms with E-state index in [1.165, 1.54) is 18.2 Å². The first kappa shape index (κ1) is 21.8. The fourth-order valence-corrected chi connectivity index (χ4v) is 1.39. The molecule has 0 aliphatic rings. The Labute approximate surface area is 131 Å². The van der Waals surface area contributed by atoms with E-state index in [0.29, 0.717) is 5.56 Å². The normalized spacial score (nSPS) is 8.95. The van der Waals surface area contributed by atoms with Gasteiger partial charge in [0.2, 0.25) is 0 Å². The molecule has 7 heteroatoms. The Bertz CT molecular complexity index is 544. The average molecular weight is 326 g/mol. The second-order valence-corrected chi connectivity index (χ2v) is 9.99. The highest BCUT2D eigenvalue weighted by Crippen LogP contribution is 2.20. The molecule has 0 atom stereocenters. The molecule has 0 spiro atoms. The first-order valence-electron chi connectivity index (χ1n) is 6.29. The summed E-state index contributed by atoms with van der Waals surface area (Å²) in [7, 11) is -1.43. The van der Waals surface area contributed by atoms with E-state index in [4.69, 9.17) is 19.8 Å². The van der Waals surface area contributed by atoms with Crippen LogP contribution < -0.4 is 0 Å². The fourth-order valence-electron chi connectivity index (χ4n) is 0.879. The standard InChI is InChI=1S/C11H14O2Si.2C2H4O2/c1-14(2,3)7-6-9-8-10(12)4-5-11(9)13;2*1-2(3)4/h4-5,8,12-13H,1-3H3;2*1H3,(H,3,4). The molecular formula is C15H22O6Si. The third-order valence-corrected chi connectivity index (χ3v) is 2.43. The lowest BCUT2D eigenvalue weighted by atomic mass is 10.2. The average Bonchev–Trinajstić information content (AvgIpc) is 2.28. The molecule has 0 fully saturated rings. The minimum absolute atomic E-state index is 0.119. The molecule has 6 nitrogen and oxygen atoms in total. The lowest BCUT2D eigenvalue weighted by molar-refractivity contribution is -0.135. The maximum absolute atomic E-state index is 9.43. The maximum atomic E-state index is 9.43. The van der Waals surface area contributed by atoms with E-state index in [1.54, 1.807) is 0 Å². The summed E-state index contributed by atoms with van der Waals surface area (Å²) in [5, 5.41) is 33.5. The third kappa shape index (κ3) is 17.5. The number of hydrogen-bond acceptors (Lipinski definition) is 4. The molecule has 22 heavy (non-hydrogen) atoms. The predicted octanol–water partition coefficient (Wildman–Crippen LogP) is 2.51. The van der Waals surface area contributed by atoms with Gasteiger partial charge in [-0.15, -0.1) is 5.54 Å². The van der Waals surface area contributed by atoms with E-state index in [-0.39, 0.29) is 11.5 Å². The van der Waals surface area contributed by atoms with Crippen molar-refractivity contribution in [1.29, 1.82) is 0 Å². The van der Waals surface area contributed by atoms with Gasteiger partial charge in [-0.05, 0) is 18.2 Å². The number of benzene rings is 1. The van der Waals surface area contributed by atoms with Gasteiger partial charge in [0.25, 0.3) is 11.9 Å². The van der Waals surface area contributed by atoms with Gasteiger partial charge in [-0.2, -0.15) is 0 Å². The molecule has 122 valence electrons. The van der Waals surface area contributed by atoms with E-state index in [1.807, 2.05) is 0 Å². The largest absolute Gasteiger partial charge is 0.508 e. The zero-order chi connectivity index (χ0) is 17.9. The van der Waals surface area contributed by atoms with Crippen LogP contribution in [0.4, 0.5) is 0 Å². The molecule has 1 aromatic carbocycles. The number of rotatable bonds is 0. The van der Waals surface area contributed by atoms with E-state index >= 15 is 0 Å². The molecule has 0 amide bonds. The second kappa shape index (κ2) is 10.3. The van der Waals surface area contributed by atoms with Gasteiger partial charge >= 0.3 is 0 Å². The van der Waals surface area contributed by atoms with Crippen molar-refractivity contribution < 1.29 is 30.0 Å². The molecule has 0 aliphatic carbocycles. The van der Waals surface area contributed by atoms with Crippen molar-refractivity contribution in [2.45, 2.75) is 33.5 Å². The SMILES string of the molecule is CC(=O)O.CC(=O)O.C[Si](C)(C)C#Cc1cc(O)ccc1O. The van der Waals surface area contributed by atoms with Crippen LogP contribution in [0.15, 0.2) is 18.2 Å². The number of carboxylic acids is 2. The number of carbonyl (C=O) groups is 2. The number of aromatic hydroxyl groups is 2. The molecule has 1 rings (SSSR count). The number of phenolic OH excluding ortho intramolecular Hbond substituents is 2. The van der Waals surface area contributed by atoms with Crippen LogP contribution in [0.5, 0.6) is 11.5 Å². The van der Waals surface area contributed by atoms with E-state index < -0.39 is 20.0 Å². The molecule has 0 aromatic heterocycles. The number of hydrogen-bond donors (Lipinski definition) is 4. The predicted molar refractivity (Wildman–Crippen MR) is 86.6 cm³/mol. The van der Waals surface area contributed by atoms with Crippen molar-refractivity contribution in [3.63, 3.8) is 0 Å². The van der Waals surface area contributed by atoms with Gasteiger partial charge in [-0.1, -0.05) is 25.6 Å². The van der Waals surface area contributed by atoms with E-state index in [2.05, 4.69) is 31.1 Å². The number of aliphatic carboxylic acids is 2. The van der Waals surface area contributed by atoms with Crippen molar-refractivity contribution in [3.05, 3.63) is 23.8 Å². The summed E-state index contributed by atoms with van der Waals surface area (Å²) in [6.45, 7) is 8.54. The molecule has 0 saturated heterocycles. The molecule has 0 heterocycles. The van der Waals surface area contributed by atoms with Gasteiger partial charge in [0, 0.05) is 13.8 Å². The minimum atomic E-state index is -1.43. The first-order valence-corrected chi connectivity index (χ1v) is 9.79. The molecule has 0 unspecified atom stereocenters. The Morgan fingerprint density at radius 1 is 1.00 bits per heavy atom. The van der Waals surface area contributed by atoms with Gasteiger partial charge in [-0.25, -0.2) is 0 Å². The lowest BCUT2D eigenvalue weighted by Crippen LogP contribution is -2.16. The summed E-state index contributed by atoms with van der Waals surface area (Å²) >= 11 is 0. The quantitative estimate of drug-likeness (QED) is 0.331. The van der Waals surface area contributed by atoms with Gasteiger partial charge in [0.15, 0.2) is 0 Å². The first-order chi connectivity index (χ1) is 9.85. The van der Waals surface area contributed by atoms with Gasteiger partial charge in [-0.3, -0.25) is 9.59 Å². The molecule has 0 aliphatic heterocycles. The van der Waals surface area contributed by atoms with Gasteiger partial charge in [0.1, 0.15) is 19.6 Å². The van der Waals surface area contributed by atoms with Crippen LogP contribution in [-0.2, 0) is 9.59 Å².